The second kappa shape index (κ2) is 8.63. The molecule has 152 valence electrons. The van der Waals surface area contributed by atoms with Crippen molar-refractivity contribution in [1.29, 1.82) is 5.26 Å². The molecule has 0 aliphatic rings. The molecule has 0 aliphatic carbocycles. The van der Waals surface area contributed by atoms with E-state index in [1.807, 2.05) is 0 Å². The maximum atomic E-state index is 13.7. The van der Waals surface area contributed by atoms with Gasteiger partial charge in [0.05, 0.1) is 24.4 Å². The number of halogens is 3. The van der Waals surface area contributed by atoms with Crippen molar-refractivity contribution in [1.82, 2.24) is 0 Å². The lowest BCUT2D eigenvalue weighted by Gasteiger charge is -2.27. The van der Waals surface area contributed by atoms with E-state index in [2.05, 4.69) is 6.07 Å². The highest BCUT2D eigenvalue weighted by Crippen LogP contribution is 2.49. The highest BCUT2D eigenvalue weighted by Gasteiger charge is 2.28. The van der Waals surface area contributed by atoms with Crippen molar-refractivity contribution in [3.8, 4) is 6.07 Å². The highest BCUT2D eigenvalue weighted by atomic mass is 31.2. The summed E-state index contributed by atoms with van der Waals surface area (Å²) in [6.45, 7) is 0. The fourth-order valence-corrected chi connectivity index (χ4v) is 6.83. The van der Waals surface area contributed by atoms with Gasteiger partial charge in [-0.15, -0.1) is 0 Å². The van der Waals surface area contributed by atoms with Crippen LogP contribution < -0.4 is 15.9 Å². The van der Waals surface area contributed by atoms with Crippen molar-refractivity contribution in [2.45, 2.75) is 0 Å². The van der Waals surface area contributed by atoms with Crippen molar-refractivity contribution in [3.05, 3.63) is 120 Å². The van der Waals surface area contributed by atoms with Gasteiger partial charge in [-0.05, 0) is 97.1 Å². The molecule has 0 radical (unpaired) electrons. The zero-order valence-corrected chi connectivity index (χ0v) is 17.1. The number of hydrogen-bond donors (Lipinski definition) is 0. The smallest absolute Gasteiger partial charge is 0.123 e. The fraction of sp³-hybridized carbons (Fsp3) is 0. The van der Waals surface area contributed by atoms with E-state index in [1.165, 1.54) is 36.4 Å². The predicted octanol–water partition coefficient (Wildman–Crippen LogP) is 5.78. The first kappa shape index (κ1) is 20.7. The first-order valence-electron chi connectivity index (χ1n) is 9.42. The Hall–Kier alpha value is -3.61. The lowest BCUT2D eigenvalue weighted by atomic mass is 10.2. The maximum absolute atomic E-state index is 13.7. The van der Waals surface area contributed by atoms with E-state index >= 15 is 0 Å². The molecular formula is C25H16F3N2P. The number of benzene rings is 4. The average molecular weight is 432 g/mol. The topological polar surface area (TPSA) is 36.1 Å². The molecule has 2 nitrogen and oxygen atoms in total. The van der Waals surface area contributed by atoms with E-state index in [0.717, 1.165) is 15.9 Å². The molecule has 0 aromatic heterocycles. The van der Waals surface area contributed by atoms with Crippen molar-refractivity contribution in [2.75, 3.05) is 0 Å². The van der Waals surface area contributed by atoms with E-state index in [4.69, 9.17) is 10.0 Å². The van der Waals surface area contributed by atoms with Gasteiger partial charge in [-0.3, -0.25) is 4.74 Å². The summed E-state index contributed by atoms with van der Waals surface area (Å²) in [5.41, 5.74) is 1.10. The van der Waals surface area contributed by atoms with Crippen molar-refractivity contribution in [2.24, 2.45) is 4.74 Å². The lowest BCUT2D eigenvalue weighted by Crippen LogP contribution is -2.25. The second-order valence-corrected chi connectivity index (χ2v) is 9.84. The van der Waals surface area contributed by atoms with Gasteiger partial charge in [0.1, 0.15) is 17.5 Å². The molecule has 0 amide bonds. The van der Waals surface area contributed by atoms with Crippen LogP contribution in [0.2, 0.25) is 0 Å². The van der Waals surface area contributed by atoms with Crippen LogP contribution in [0.1, 0.15) is 5.56 Å². The monoisotopic (exact) mass is 432 g/mol. The van der Waals surface area contributed by atoms with Gasteiger partial charge in [-0.25, -0.2) is 13.2 Å². The maximum Gasteiger partial charge on any atom is 0.123 e. The Morgan fingerprint density at radius 2 is 0.903 bits per heavy atom. The summed E-state index contributed by atoms with van der Waals surface area (Å²) >= 11 is 0. The van der Waals surface area contributed by atoms with E-state index in [9.17, 15) is 13.2 Å². The summed E-state index contributed by atoms with van der Waals surface area (Å²) in [7, 11) is -2.82. The Morgan fingerprint density at radius 3 is 1.23 bits per heavy atom. The molecule has 4 aromatic carbocycles. The van der Waals surface area contributed by atoms with E-state index < -0.39 is 24.5 Å². The molecule has 0 bridgehead atoms. The van der Waals surface area contributed by atoms with Crippen LogP contribution in [0.4, 0.5) is 18.9 Å². The minimum Gasteiger partial charge on any atom is -0.254 e. The van der Waals surface area contributed by atoms with Crippen LogP contribution in [0.15, 0.2) is 102 Å². The molecule has 0 saturated carbocycles. The Morgan fingerprint density at radius 1 is 0.548 bits per heavy atom. The van der Waals surface area contributed by atoms with Crippen molar-refractivity contribution < 1.29 is 13.2 Å². The van der Waals surface area contributed by atoms with E-state index in [0.29, 0.717) is 11.3 Å². The van der Waals surface area contributed by atoms with Gasteiger partial charge in [-0.1, -0.05) is 0 Å². The molecule has 0 heterocycles. The van der Waals surface area contributed by atoms with Crippen molar-refractivity contribution >= 4 is 28.7 Å². The number of hydrogen-bond acceptors (Lipinski definition) is 2. The molecule has 0 N–H and O–H groups in total. The van der Waals surface area contributed by atoms with Gasteiger partial charge in [0.25, 0.3) is 0 Å². The summed E-state index contributed by atoms with van der Waals surface area (Å²) in [5.74, 6) is -1.17. The molecule has 4 aromatic rings. The molecule has 0 spiro atoms. The van der Waals surface area contributed by atoms with Gasteiger partial charge in [0.15, 0.2) is 0 Å². The standard InChI is InChI=1S/C25H16F3N2P/c26-19-3-11-23(12-4-19)31(24-13-5-20(27)6-14-24,25-15-7-21(28)8-16-25)30-22-9-1-18(17-29)2-10-22/h1-16H. The van der Waals surface area contributed by atoms with Gasteiger partial charge in [-0.2, -0.15) is 5.26 Å². The predicted molar refractivity (Wildman–Crippen MR) is 118 cm³/mol. The number of nitriles is 1. The third kappa shape index (κ3) is 4.17. The number of rotatable bonds is 4. The van der Waals surface area contributed by atoms with Gasteiger partial charge in [0.2, 0.25) is 0 Å². The van der Waals surface area contributed by atoms with Crippen LogP contribution in [0.3, 0.4) is 0 Å². The van der Waals surface area contributed by atoms with E-state index in [1.54, 1.807) is 60.7 Å². The van der Waals surface area contributed by atoms with Crippen molar-refractivity contribution in [3.63, 3.8) is 0 Å². The normalized spacial score (nSPS) is 11.0. The molecule has 4 rings (SSSR count). The van der Waals surface area contributed by atoms with Gasteiger partial charge >= 0.3 is 0 Å². The molecule has 0 unspecified atom stereocenters. The average Bonchev–Trinajstić information content (AvgIpc) is 2.80. The Bertz CT molecular complexity index is 1170. The minimum absolute atomic E-state index is 0.390. The Balaban J connectivity index is 2.10. The van der Waals surface area contributed by atoms with Crippen LogP contribution in [0, 0.1) is 28.8 Å². The zero-order chi connectivity index (χ0) is 21.8. The van der Waals surface area contributed by atoms with Gasteiger partial charge < -0.3 is 0 Å². The quantitative estimate of drug-likeness (QED) is 0.377. The first-order chi connectivity index (χ1) is 15.0. The molecule has 31 heavy (non-hydrogen) atoms. The van der Waals surface area contributed by atoms with Crippen LogP contribution in [-0.2, 0) is 0 Å². The van der Waals surface area contributed by atoms with Crippen LogP contribution in [-0.4, -0.2) is 0 Å². The highest BCUT2D eigenvalue weighted by molar-refractivity contribution is 7.87. The third-order valence-corrected chi connectivity index (χ3v) is 8.53. The van der Waals surface area contributed by atoms with Crippen LogP contribution >= 0.6 is 7.05 Å². The largest absolute Gasteiger partial charge is 0.254 e. The minimum atomic E-state index is -2.82. The third-order valence-electron chi connectivity index (χ3n) is 4.86. The SMILES string of the molecule is N#Cc1ccc(N=P(c2ccc(F)cc2)(c2ccc(F)cc2)c2ccc(F)cc2)cc1. The molecule has 0 fully saturated rings. The van der Waals surface area contributed by atoms with E-state index in [-0.39, 0.29) is 0 Å². The summed E-state index contributed by atoms with van der Waals surface area (Å²) in [5, 5.41) is 11.3. The van der Waals surface area contributed by atoms with Crippen LogP contribution in [0.5, 0.6) is 0 Å². The first-order valence-corrected chi connectivity index (χ1v) is 11.2. The summed E-state index contributed by atoms with van der Waals surface area (Å²) < 4.78 is 46.3. The second-order valence-electron chi connectivity index (χ2n) is 6.82. The molecule has 0 saturated heterocycles. The Labute approximate surface area is 178 Å². The summed E-state index contributed by atoms with van der Waals surface area (Å²) in [4.78, 5) is 0. The fourth-order valence-electron chi connectivity index (χ4n) is 3.37. The Kier molecular flexibility index (Phi) is 5.75. The summed E-state index contributed by atoms with van der Waals surface area (Å²) in [6.07, 6.45) is 0. The molecule has 0 aliphatic heterocycles. The molecule has 6 heteroatoms. The van der Waals surface area contributed by atoms with Crippen LogP contribution in [0.25, 0.3) is 0 Å². The summed E-state index contributed by atoms with van der Waals surface area (Å²) in [6, 6.07) is 26.9. The van der Waals surface area contributed by atoms with Gasteiger partial charge in [0, 0.05) is 15.9 Å². The molecular weight excluding hydrogens is 416 g/mol. The zero-order valence-electron chi connectivity index (χ0n) is 16.2. The lowest BCUT2D eigenvalue weighted by molar-refractivity contribution is 0.628. The molecule has 0 atom stereocenters. The number of nitrogens with zero attached hydrogens (tertiary/aromatic N) is 2.